The molecule has 0 bridgehead atoms. The highest BCUT2D eigenvalue weighted by atomic mass is 19.4. The molecule has 2 aliphatic rings. The summed E-state index contributed by atoms with van der Waals surface area (Å²) in [4.78, 5) is 22.7. The predicted molar refractivity (Wildman–Crippen MR) is 112 cm³/mol. The van der Waals surface area contributed by atoms with Crippen LogP contribution in [0.4, 0.5) is 19.0 Å². The van der Waals surface area contributed by atoms with Gasteiger partial charge in [0.2, 0.25) is 0 Å². The molecule has 170 valence electrons. The molecule has 2 heterocycles. The van der Waals surface area contributed by atoms with E-state index in [9.17, 15) is 18.0 Å². The van der Waals surface area contributed by atoms with Gasteiger partial charge in [0.15, 0.2) is 5.82 Å². The Morgan fingerprint density at radius 2 is 1.69 bits per heavy atom. The van der Waals surface area contributed by atoms with Crippen LogP contribution in [0.1, 0.15) is 56.5 Å². The van der Waals surface area contributed by atoms with Crippen LogP contribution < -0.4 is 10.5 Å². The van der Waals surface area contributed by atoms with E-state index in [0.29, 0.717) is 0 Å². The van der Waals surface area contributed by atoms with Crippen LogP contribution in [-0.2, 0) is 20.3 Å². The topological polar surface area (TPSA) is 60.9 Å². The van der Waals surface area contributed by atoms with E-state index < -0.39 is 36.0 Å². The minimum absolute atomic E-state index is 0.216. The van der Waals surface area contributed by atoms with Crippen molar-refractivity contribution in [3.05, 3.63) is 53.7 Å². The maximum absolute atomic E-state index is 13.1. The number of amides is 1. The Morgan fingerprint density at radius 1 is 1.09 bits per heavy atom. The summed E-state index contributed by atoms with van der Waals surface area (Å²) >= 11 is 0. The third kappa shape index (κ3) is 4.53. The molecule has 0 atom stereocenters. The highest BCUT2D eigenvalue weighted by Crippen LogP contribution is 2.37. The average Bonchev–Trinajstić information content (AvgIpc) is 3.51. The quantitative estimate of drug-likeness (QED) is 0.509. The fraction of sp³-hybridized carbons (Fsp3) is 0.455. The minimum atomic E-state index is -4.56. The zero-order valence-electron chi connectivity index (χ0n) is 18.3. The molecule has 1 saturated heterocycles. The molecule has 4 rings (SSSR count). The summed E-state index contributed by atoms with van der Waals surface area (Å²) in [7, 11) is -0.590. The van der Waals surface area contributed by atoms with E-state index in [1.807, 2.05) is 27.7 Å². The zero-order chi connectivity index (χ0) is 23.3. The highest BCUT2D eigenvalue weighted by Gasteiger charge is 2.51. The number of hydrogen-bond acceptors (Lipinski definition) is 5. The van der Waals surface area contributed by atoms with Gasteiger partial charge in [0, 0.05) is 11.8 Å². The first kappa shape index (κ1) is 22.8. The Bertz CT molecular complexity index is 991. The number of benzene rings is 1. The van der Waals surface area contributed by atoms with Gasteiger partial charge < -0.3 is 9.31 Å². The predicted octanol–water partition coefficient (Wildman–Crippen LogP) is 4.14. The summed E-state index contributed by atoms with van der Waals surface area (Å²) in [5.74, 6) is -0.823. The van der Waals surface area contributed by atoms with Gasteiger partial charge in [-0.2, -0.15) is 18.2 Å². The number of carbonyl (C=O) groups excluding carboxylic acids is 1. The van der Waals surface area contributed by atoms with Gasteiger partial charge in [0.05, 0.1) is 22.9 Å². The minimum Gasteiger partial charge on any atom is -0.399 e. The molecule has 32 heavy (non-hydrogen) atoms. The van der Waals surface area contributed by atoms with Crippen molar-refractivity contribution in [3.63, 3.8) is 0 Å². The summed E-state index contributed by atoms with van der Waals surface area (Å²) in [6.07, 6.45) is -2.32. The van der Waals surface area contributed by atoms with E-state index in [1.54, 1.807) is 24.3 Å². The first-order chi connectivity index (χ1) is 14.9. The Balaban J connectivity index is 1.57. The fourth-order valence-electron chi connectivity index (χ4n) is 3.11. The van der Waals surface area contributed by atoms with Crippen LogP contribution in [0.3, 0.4) is 0 Å². The molecule has 1 aromatic carbocycles. The van der Waals surface area contributed by atoms with Crippen molar-refractivity contribution in [1.29, 1.82) is 0 Å². The SMILES string of the molecule is CC1(C)OB(c2ccc(C(=O)N(OC3CC3)c3cc(C(F)(F)F)ccn3)cc2)OC1(C)C. The van der Waals surface area contributed by atoms with Gasteiger partial charge in [0.25, 0.3) is 5.91 Å². The first-order valence-electron chi connectivity index (χ1n) is 10.4. The van der Waals surface area contributed by atoms with Crippen molar-refractivity contribution in [1.82, 2.24) is 4.98 Å². The second-order valence-corrected chi connectivity index (χ2v) is 9.02. The number of rotatable bonds is 5. The smallest absolute Gasteiger partial charge is 0.399 e. The molecular weight excluding hydrogens is 424 g/mol. The van der Waals surface area contributed by atoms with E-state index in [4.69, 9.17) is 14.1 Å². The second kappa shape index (κ2) is 7.86. The number of pyridine rings is 1. The summed E-state index contributed by atoms with van der Waals surface area (Å²) in [6.45, 7) is 7.78. The van der Waals surface area contributed by atoms with Crippen LogP contribution in [0.5, 0.6) is 0 Å². The Kier molecular flexibility index (Phi) is 5.59. The summed E-state index contributed by atoms with van der Waals surface area (Å²) in [5.41, 5.74) is -0.945. The van der Waals surface area contributed by atoms with Crippen molar-refractivity contribution in [3.8, 4) is 0 Å². The van der Waals surface area contributed by atoms with Crippen LogP contribution in [0, 0.1) is 0 Å². The van der Waals surface area contributed by atoms with Crippen molar-refractivity contribution in [2.24, 2.45) is 0 Å². The average molecular weight is 448 g/mol. The molecule has 0 radical (unpaired) electrons. The molecule has 10 heteroatoms. The molecule has 0 unspecified atom stereocenters. The Hall–Kier alpha value is -2.43. The van der Waals surface area contributed by atoms with Crippen molar-refractivity contribution in [2.75, 3.05) is 5.06 Å². The molecular formula is C22H24BF3N2O4. The Morgan fingerprint density at radius 3 is 2.22 bits per heavy atom. The molecule has 1 aliphatic carbocycles. The number of anilines is 1. The van der Waals surface area contributed by atoms with E-state index in [1.165, 1.54) is 0 Å². The highest BCUT2D eigenvalue weighted by molar-refractivity contribution is 6.62. The number of hydroxylamine groups is 1. The van der Waals surface area contributed by atoms with E-state index in [0.717, 1.165) is 41.7 Å². The zero-order valence-corrected chi connectivity index (χ0v) is 18.3. The summed E-state index contributed by atoms with van der Waals surface area (Å²) in [5, 5.41) is 0.844. The second-order valence-electron chi connectivity index (χ2n) is 9.02. The molecule has 1 aromatic heterocycles. The molecule has 6 nitrogen and oxygen atoms in total. The summed E-state index contributed by atoms with van der Waals surface area (Å²) < 4.78 is 51.4. The lowest BCUT2D eigenvalue weighted by atomic mass is 9.79. The Labute approximate surface area is 184 Å². The van der Waals surface area contributed by atoms with Crippen LogP contribution in [-0.4, -0.2) is 35.3 Å². The first-order valence-corrected chi connectivity index (χ1v) is 10.4. The van der Waals surface area contributed by atoms with Gasteiger partial charge in [-0.1, -0.05) is 12.1 Å². The molecule has 1 amide bonds. The van der Waals surface area contributed by atoms with Gasteiger partial charge in [-0.25, -0.2) is 4.98 Å². The lowest BCUT2D eigenvalue weighted by Gasteiger charge is -2.32. The lowest BCUT2D eigenvalue weighted by molar-refractivity contribution is -0.137. The number of carbonyl (C=O) groups is 1. The van der Waals surface area contributed by atoms with Gasteiger partial charge >= 0.3 is 13.3 Å². The standard InChI is InChI=1S/C22H24BF3N2O4/c1-20(2)21(3,4)32-23(31-20)16-7-5-14(6-8-16)19(29)28(30-17-9-10-17)18-13-15(11-12-27-18)22(24,25)26/h5-8,11-13,17H,9-10H2,1-4H3. The molecule has 1 aliphatic heterocycles. The van der Waals surface area contributed by atoms with Gasteiger partial charge in [-0.05, 0) is 70.3 Å². The van der Waals surface area contributed by atoms with E-state index >= 15 is 0 Å². The normalized spacial score (nSPS) is 19.8. The number of hydrogen-bond donors (Lipinski definition) is 0. The van der Waals surface area contributed by atoms with Crippen LogP contribution in [0.2, 0.25) is 0 Å². The van der Waals surface area contributed by atoms with Crippen LogP contribution >= 0.6 is 0 Å². The van der Waals surface area contributed by atoms with Crippen molar-refractivity contribution >= 4 is 24.3 Å². The molecule has 2 fully saturated rings. The van der Waals surface area contributed by atoms with Crippen LogP contribution in [0.25, 0.3) is 0 Å². The van der Waals surface area contributed by atoms with Gasteiger partial charge in [0.1, 0.15) is 0 Å². The monoisotopic (exact) mass is 448 g/mol. The number of nitrogens with zero attached hydrogens (tertiary/aromatic N) is 2. The molecule has 0 N–H and O–H groups in total. The van der Waals surface area contributed by atoms with E-state index in [2.05, 4.69) is 4.98 Å². The molecule has 2 aromatic rings. The number of aromatic nitrogens is 1. The van der Waals surface area contributed by atoms with Gasteiger partial charge in [-0.15, -0.1) is 0 Å². The number of halogens is 3. The lowest BCUT2D eigenvalue weighted by Crippen LogP contribution is -2.41. The largest absolute Gasteiger partial charge is 0.494 e. The van der Waals surface area contributed by atoms with Crippen LogP contribution in [0.15, 0.2) is 42.6 Å². The maximum atomic E-state index is 13.1. The third-order valence-electron chi connectivity index (χ3n) is 5.93. The van der Waals surface area contributed by atoms with Crippen molar-refractivity contribution < 1.29 is 32.1 Å². The number of alkyl halides is 3. The maximum Gasteiger partial charge on any atom is 0.494 e. The van der Waals surface area contributed by atoms with Crippen molar-refractivity contribution in [2.45, 2.75) is 64.0 Å². The third-order valence-corrected chi connectivity index (χ3v) is 5.93. The van der Waals surface area contributed by atoms with Gasteiger partial charge in [-0.3, -0.25) is 9.63 Å². The molecule has 0 spiro atoms. The van der Waals surface area contributed by atoms with E-state index in [-0.39, 0.29) is 17.5 Å². The molecule has 1 saturated carbocycles. The summed E-state index contributed by atoms with van der Waals surface area (Å²) in [6, 6.07) is 8.19. The fourth-order valence-corrected chi connectivity index (χ4v) is 3.11.